The van der Waals surface area contributed by atoms with Crippen LogP contribution in [-0.2, 0) is 4.79 Å². The highest BCUT2D eigenvalue weighted by Crippen LogP contribution is 2.45. The van der Waals surface area contributed by atoms with Gasteiger partial charge in [-0.05, 0) is 25.8 Å². The Kier molecular flexibility index (Phi) is 3.21. The van der Waals surface area contributed by atoms with Gasteiger partial charge in [0.1, 0.15) is 0 Å². The van der Waals surface area contributed by atoms with Crippen molar-refractivity contribution in [3.05, 3.63) is 21.9 Å². The first-order valence-electron chi connectivity index (χ1n) is 5.56. The van der Waals surface area contributed by atoms with Gasteiger partial charge in [-0.2, -0.15) is 0 Å². The number of hydrogen-bond acceptors (Lipinski definition) is 4. The average molecular weight is 267 g/mol. The summed E-state index contributed by atoms with van der Waals surface area (Å²) in [5, 5.41) is 13.2. The Morgan fingerprint density at radius 3 is 2.56 bits per heavy atom. The fraction of sp³-hybridized carbons (Fsp3) is 0.417. The van der Waals surface area contributed by atoms with E-state index in [-0.39, 0.29) is 18.2 Å². The normalized spacial score (nSPS) is 16.1. The molecule has 0 radical (unpaired) electrons. The Bertz CT molecular complexity index is 516. The first-order chi connectivity index (χ1) is 8.44. The van der Waals surface area contributed by atoms with Gasteiger partial charge in [-0.3, -0.25) is 14.4 Å². The monoisotopic (exact) mass is 267 g/mol. The fourth-order valence-corrected chi connectivity index (χ4v) is 2.46. The SMILES string of the molecule is CC(=O)c1csc(C(=O)NCC2(C(=O)O)CC2)c1. The number of carboxylic acid groups (broad SMARTS) is 1. The maximum atomic E-state index is 11.8. The van der Waals surface area contributed by atoms with E-state index in [1.807, 2.05) is 0 Å². The van der Waals surface area contributed by atoms with Gasteiger partial charge >= 0.3 is 5.97 Å². The fourth-order valence-electron chi connectivity index (χ4n) is 1.59. The van der Waals surface area contributed by atoms with Crippen molar-refractivity contribution < 1.29 is 19.5 Å². The minimum Gasteiger partial charge on any atom is -0.481 e. The summed E-state index contributed by atoms with van der Waals surface area (Å²) in [6, 6.07) is 1.53. The standard InChI is InChI=1S/C12H13NO4S/c1-7(14)8-4-9(18-5-8)10(15)13-6-12(2-3-12)11(16)17/h4-5H,2-3,6H2,1H3,(H,13,15)(H,16,17). The van der Waals surface area contributed by atoms with E-state index in [1.165, 1.54) is 24.3 Å². The van der Waals surface area contributed by atoms with Gasteiger partial charge in [0, 0.05) is 17.5 Å². The predicted octanol–water partition coefficient (Wildman–Crippen LogP) is 1.55. The highest BCUT2D eigenvalue weighted by atomic mass is 32.1. The van der Waals surface area contributed by atoms with Crippen LogP contribution in [0.3, 0.4) is 0 Å². The molecule has 6 heteroatoms. The number of Topliss-reactive ketones (excluding diaryl/α,β-unsaturated/α-hetero) is 1. The predicted molar refractivity (Wildman–Crippen MR) is 66.0 cm³/mol. The van der Waals surface area contributed by atoms with Gasteiger partial charge in [-0.1, -0.05) is 0 Å². The van der Waals surface area contributed by atoms with E-state index < -0.39 is 11.4 Å². The molecule has 0 unspecified atom stereocenters. The average Bonchev–Trinajstić information content (AvgIpc) is 2.94. The van der Waals surface area contributed by atoms with Crippen LogP contribution in [0, 0.1) is 5.41 Å². The van der Waals surface area contributed by atoms with Gasteiger partial charge in [0.25, 0.3) is 5.91 Å². The number of hydrogen-bond donors (Lipinski definition) is 2. The van der Waals surface area contributed by atoms with Crippen LogP contribution in [0.2, 0.25) is 0 Å². The molecular formula is C12H13NO4S. The molecule has 1 saturated carbocycles. The lowest BCUT2D eigenvalue weighted by Gasteiger charge is -2.09. The molecule has 96 valence electrons. The number of carbonyl (C=O) groups is 3. The van der Waals surface area contributed by atoms with E-state index in [1.54, 1.807) is 5.38 Å². The summed E-state index contributed by atoms with van der Waals surface area (Å²) in [6.07, 6.45) is 1.21. The Morgan fingerprint density at radius 2 is 2.11 bits per heavy atom. The van der Waals surface area contributed by atoms with Gasteiger partial charge in [0.15, 0.2) is 5.78 Å². The van der Waals surface area contributed by atoms with Crippen molar-refractivity contribution in [2.24, 2.45) is 5.41 Å². The maximum Gasteiger partial charge on any atom is 0.311 e. The second kappa shape index (κ2) is 4.53. The first kappa shape index (κ1) is 12.8. The lowest BCUT2D eigenvalue weighted by molar-refractivity contribution is -0.143. The molecule has 0 bridgehead atoms. The van der Waals surface area contributed by atoms with Gasteiger partial charge in [0.2, 0.25) is 0 Å². The molecule has 18 heavy (non-hydrogen) atoms. The molecule has 0 aromatic carbocycles. The summed E-state index contributed by atoms with van der Waals surface area (Å²) >= 11 is 1.19. The van der Waals surface area contributed by atoms with Crippen LogP contribution in [0.5, 0.6) is 0 Å². The van der Waals surface area contributed by atoms with Crippen LogP contribution in [0.15, 0.2) is 11.4 Å². The van der Waals surface area contributed by atoms with Crippen molar-refractivity contribution in [2.75, 3.05) is 6.54 Å². The molecule has 1 aliphatic rings. The third kappa shape index (κ3) is 2.43. The highest BCUT2D eigenvalue weighted by molar-refractivity contribution is 7.12. The molecule has 2 rings (SSSR count). The summed E-state index contributed by atoms with van der Waals surface area (Å²) < 4.78 is 0. The van der Waals surface area contributed by atoms with Crippen molar-refractivity contribution in [3.63, 3.8) is 0 Å². The van der Waals surface area contributed by atoms with E-state index in [2.05, 4.69) is 5.32 Å². The summed E-state index contributed by atoms with van der Waals surface area (Å²) in [6.45, 7) is 1.59. The molecule has 5 nitrogen and oxygen atoms in total. The molecule has 0 aliphatic heterocycles. The largest absolute Gasteiger partial charge is 0.481 e. The van der Waals surface area contributed by atoms with Gasteiger partial charge in [-0.15, -0.1) is 11.3 Å². The van der Waals surface area contributed by atoms with Gasteiger partial charge in [0.05, 0.1) is 10.3 Å². The molecule has 1 aromatic rings. The number of rotatable bonds is 5. The second-order valence-corrected chi connectivity index (χ2v) is 5.44. The maximum absolute atomic E-state index is 11.8. The molecule has 1 amide bonds. The third-order valence-electron chi connectivity index (χ3n) is 3.12. The van der Waals surface area contributed by atoms with E-state index in [0.29, 0.717) is 23.3 Å². The lowest BCUT2D eigenvalue weighted by atomic mass is 10.1. The zero-order chi connectivity index (χ0) is 13.3. The van der Waals surface area contributed by atoms with Crippen LogP contribution in [0.1, 0.15) is 39.8 Å². The van der Waals surface area contributed by atoms with Gasteiger partial charge < -0.3 is 10.4 Å². The van der Waals surface area contributed by atoms with Crippen molar-refractivity contribution >= 4 is 29.0 Å². The third-order valence-corrected chi connectivity index (χ3v) is 4.05. The molecule has 1 fully saturated rings. The summed E-state index contributed by atoms with van der Waals surface area (Å²) in [5.41, 5.74) is -0.263. The highest BCUT2D eigenvalue weighted by Gasteiger charge is 2.50. The molecule has 0 atom stereocenters. The molecule has 0 spiro atoms. The second-order valence-electron chi connectivity index (χ2n) is 4.52. The molecule has 1 aromatic heterocycles. The quantitative estimate of drug-likeness (QED) is 0.793. The summed E-state index contributed by atoms with van der Waals surface area (Å²) in [7, 11) is 0. The van der Waals surface area contributed by atoms with Crippen molar-refractivity contribution in [1.29, 1.82) is 0 Å². The summed E-state index contributed by atoms with van der Waals surface area (Å²) in [4.78, 5) is 34.2. The molecule has 0 saturated heterocycles. The number of nitrogens with one attached hydrogen (secondary N) is 1. The van der Waals surface area contributed by atoms with E-state index >= 15 is 0 Å². The zero-order valence-electron chi connectivity index (χ0n) is 9.86. The Balaban J connectivity index is 1.96. The Labute approximate surface area is 108 Å². The molecule has 1 aliphatic carbocycles. The van der Waals surface area contributed by atoms with E-state index in [0.717, 1.165) is 0 Å². The number of carboxylic acids is 1. The zero-order valence-corrected chi connectivity index (χ0v) is 10.7. The van der Waals surface area contributed by atoms with Crippen LogP contribution >= 0.6 is 11.3 Å². The minimum absolute atomic E-state index is 0.0884. The number of ketones is 1. The van der Waals surface area contributed by atoms with Gasteiger partial charge in [-0.25, -0.2) is 0 Å². The molecule has 2 N–H and O–H groups in total. The Morgan fingerprint density at radius 1 is 1.44 bits per heavy atom. The topological polar surface area (TPSA) is 83.5 Å². The number of aliphatic carboxylic acids is 1. The van der Waals surface area contributed by atoms with Crippen LogP contribution in [0.25, 0.3) is 0 Å². The van der Waals surface area contributed by atoms with Crippen molar-refractivity contribution in [3.8, 4) is 0 Å². The number of thiophene rings is 1. The number of amides is 1. The Hall–Kier alpha value is -1.69. The molecular weight excluding hydrogens is 254 g/mol. The van der Waals surface area contributed by atoms with Crippen LogP contribution < -0.4 is 5.32 Å². The van der Waals surface area contributed by atoms with Crippen molar-refractivity contribution in [2.45, 2.75) is 19.8 Å². The van der Waals surface area contributed by atoms with Crippen LogP contribution in [0.4, 0.5) is 0 Å². The lowest BCUT2D eigenvalue weighted by Crippen LogP contribution is -2.33. The smallest absolute Gasteiger partial charge is 0.311 e. The van der Waals surface area contributed by atoms with E-state index in [9.17, 15) is 14.4 Å². The van der Waals surface area contributed by atoms with Crippen LogP contribution in [-0.4, -0.2) is 29.3 Å². The summed E-state index contributed by atoms with van der Waals surface area (Å²) in [5.74, 6) is -1.27. The number of carbonyl (C=O) groups excluding carboxylic acids is 2. The first-order valence-corrected chi connectivity index (χ1v) is 6.44. The van der Waals surface area contributed by atoms with Crippen molar-refractivity contribution in [1.82, 2.24) is 5.32 Å². The van der Waals surface area contributed by atoms with E-state index in [4.69, 9.17) is 5.11 Å². The minimum atomic E-state index is -0.863. The molecule has 1 heterocycles.